The largest absolute Gasteiger partial charge is 0.218 e. The van der Waals surface area contributed by atoms with Gasteiger partial charge >= 0.3 is 0 Å². The summed E-state index contributed by atoms with van der Waals surface area (Å²) in [6.07, 6.45) is 6.26. The summed E-state index contributed by atoms with van der Waals surface area (Å²) in [6.45, 7) is 0. The van der Waals surface area contributed by atoms with Crippen LogP contribution in [-0.2, 0) is 15.8 Å². The van der Waals surface area contributed by atoms with Gasteiger partial charge in [0, 0.05) is 12.1 Å². The number of rotatable bonds is 5. The lowest BCUT2D eigenvalue weighted by Gasteiger charge is -2.28. The zero-order chi connectivity index (χ0) is 15.0. The maximum Gasteiger partial charge on any atom is 0.218 e. The molecule has 0 atom stereocenters. The summed E-state index contributed by atoms with van der Waals surface area (Å²) in [5.74, 6) is 0.0108. The van der Waals surface area contributed by atoms with Crippen LogP contribution in [0.1, 0.15) is 44.1 Å². The van der Waals surface area contributed by atoms with E-state index in [1.807, 2.05) is 0 Å². The second kappa shape index (κ2) is 6.07. The summed E-state index contributed by atoms with van der Waals surface area (Å²) >= 11 is 11.9. The molecule has 0 bridgehead atoms. The molecule has 0 aliphatic heterocycles. The van der Waals surface area contributed by atoms with Gasteiger partial charge in [0.05, 0.1) is 15.8 Å². The lowest BCUT2D eigenvalue weighted by atomic mass is 10.2. The Bertz CT molecular complexity index is 623. The Labute approximate surface area is 136 Å². The molecule has 2 saturated carbocycles. The van der Waals surface area contributed by atoms with Crippen LogP contribution in [0.2, 0.25) is 10.0 Å². The first-order valence-corrected chi connectivity index (χ1v) is 9.79. The van der Waals surface area contributed by atoms with Crippen molar-refractivity contribution in [2.45, 2.75) is 56.4 Å². The summed E-state index contributed by atoms with van der Waals surface area (Å²) < 4.78 is 27.4. The van der Waals surface area contributed by atoms with E-state index in [1.165, 1.54) is 0 Å². The first-order valence-electron chi connectivity index (χ1n) is 7.42. The summed E-state index contributed by atoms with van der Waals surface area (Å²) in [5, 5.41) is 0.857. The highest BCUT2D eigenvalue weighted by atomic mass is 35.5. The molecule has 0 saturated heterocycles. The van der Waals surface area contributed by atoms with Gasteiger partial charge in [-0.15, -0.1) is 0 Å². The van der Waals surface area contributed by atoms with Crippen molar-refractivity contribution in [1.82, 2.24) is 4.31 Å². The molecule has 21 heavy (non-hydrogen) atoms. The Morgan fingerprint density at radius 1 is 1.00 bits per heavy atom. The number of hydrogen-bond donors (Lipinski definition) is 0. The van der Waals surface area contributed by atoms with Crippen LogP contribution in [0, 0.1) is 0 Å². The number of hydrogen-bond acceptors (Lipinski definition) is 2. The van der Waals surface area contributed by atoms with Crippen LogP contribution in [-0.4, -0.2) is 24.8 Å². The van der Waals surface area contributed by atoms with E-state index in [2.05, 4.69) is 0 Å². The van der Waals surface area contributed by atoms with E-state index in [-0.39, 0.29) is 17.8 Å². The van der Waals surface area contributed by atoms with Crippen molar-refractivity contribution in [3.05, 3.63) is 33.8 Å². The summed E-state index contributed by atoms with van der Waals surface area (Å²) in [6, 6.07) is 5.48. The van der Waals surface area contributed by atoms with Crippen LogP contribution in [0.4, 0.5) is 0 Å². The third-order valence-electron chi connectivity index (χ3n) is 4.25. The van der Waals surface area contributed by atoms with E-state index < -0.39 is 10.0 Å². The quantitative estimate of drug-likeness (QED) is 0.799. The van der Waals surface area contributed by atoms with Gasteiger partial charge in [-0.2, -0.15) is 4.31 Å². The fourth-order valence-corrected chi connectivity index (χ4v) is 5.56. The molecule has 116 valence electrons. The zero-order valence-corrected chi connectivity index (χ0v) is 14.1. The Balaban J connectivity index is 1.82. The molecule has 0 heterocycles. The zero-order valence-electron chi connectivity index (χ0n) is 11.8. The summed E-state index contributed by atoms with van der Waals surface area (Å²) in [7, 11) is -3.29. The van der Waals surface area contributed by atoms with Crippen molar-refractivity contribution < 1.29 is 8.42 Å². The molecule has 2 fully saturated rings. The molecule has 0 spiro atoms. The molecule has 3 nitrogen and oxygen atoms in total. The Morgan fingerprint density at radius 2 is 1.62 bits per heavy atom. The second-order valence-electron chi connectivity index (χ2n) is 6.00. The minimum Gasteiger partial charge on any atom is -0.212 e. The molecule has 0 amide bonds. The van der Waals surface area contributed by atoms with Gasteiger partial charge < -0.3 is 0 Å². The predicted octanol–water partition coefficient (Wildman–Crippen LogP) is 4.23. The predicted molar refractivity (Wildman–Crippen MR) is 86.2 cm³/mol. The minimum atomic E-state index is -3.29. The fourth-order valence-electron chi connectivity index (χ4n) is 3.15. The van der Waals surface area contributed by atoms with Crippen molar-refractivity contribution in [3.63, 3.8) is 0 Å². The lowest BCUT2D eigenvalue weighted by Crippen LogP contribution is -2.41. The highest BCUT2D eigenvalue weighted by molar-refractivity contribution is 7.88. The molecule has 0 aromatic heterocycles. The summed E-state index contributed by atoms with van der Waals surface area (Å²) in [4.78, 5) is 0. The third kappa shape index (κ3) is 3.55. The molecule has 0 N–H and O–H groups in total. The topological polar surface area (TPSA) is 37.4 Å². The molecule has 1 aromatic rings. The van der Waals surface area contributed by atoms with Crippen LogP contribution >= 0.6 is 23.2 Å². The van der Waals surface area contributed by atoms with E-state index in [0.717, 1.165) is 38.5 Å². The minimum absolute atomic E-state index is 0.0108. The van der Waals surface area contributed by atoms with Crippen molar-refractivity contribution in [3.8, 4) is 0 Å². The average Bonchev–Trinajstić information content (AvgIpc) is 3.08. The van der Waals surface area contributed by atoms with E-state index in [0.29, 0.717) is 15.6 Å². The van der Waals surface area contributed by atoms with Gasteiger partial charge in [-0.05, 0) is 43.4 Å². The van der Waals surface area contributed by atoms with Gasteiger partial charge in [0.15, 0.2) is 0 Å². The van der Waals surface area contributed by atoms with E-state index in [1.54, 1.807) is 22.5 Å². The Kier molecular flexibility index (Phi) is 4.51. The second-order valence-corrected chi connectivity index (χ2v) is 8.69. The standard InChI is InChI=1S/C15H19Cl2NO2S/c16-14-8-5-11(9-15(14)17)10-21(19,20)18(13-6-7-13)12-3-1-2-4-12/h5,8-9,12-13H,1-4,6-7,10H2. The first kappa shape index (κ1) is 15.6. The molecule has 3 rings (SSSR count). The van der Waals surface area contributed by atoms with Gasteiger partial charge in [0.2, 0.25) is 10.0 Å². The van der Waals surface area contributed by atoms with Gasteiger partial charge in [0.1, 0.15) is 0 Å². The third-order valence-corrected chi connectivity index (χ3v) is 6.92. The van der Waals surface area contributed by atoms with Gasteiger partial charge in [-0.3, -0.25) is 0 Å². The van der Waals surface area contributed by atoms with Crippen LogP contribution in [0.3, 0.4) is 0 Å². The normalized spacial score (nSPS) is 20.3. The van der Waals surface area contributed by atoms with Gasteiger partial charge in [-0.25, -0.2) is 8.42 Å². The molecular formula is C15H19Cl2NO2S. The number of sulfonamides is 1. The highest BCUT2D eigenvalue weighted by Gasteiger charge is 2.42. The molecule has 1 aromatic carbocycles. The lowest BCUT2D eigenvalue weighted by molar-refractivity contribution is 0.314. The molecule has 6 heteroatoms. The van der Waals surface area contributed by atoms with E-state index in [4.69, 9.17) is 23.2 Å². The van der Waals surface area contributed by atoms with E-state index in [9.17, 15) is 8.42 Å². The Morgan fingerprint density at radius 3 is 2.19 bits per heavy atom. The van der Waals surface area contributed by atoms with Crippen molar-refractivity contribution in [1.29, 1.82) is 0 Å². The van der Waals surface area contributed by atoms with Crippen molar-refractivity contribution in [2.75, 3.05) is 0 Å². The maximum absolute atomic E-state index is 12.8. The number of benzene rings is 1. The monoisotopic (exact) mass is 347 g/mol. The van der Waals surface area contributed by atoms with Crippen LogP contribution < -0.4 is 0 Å². The van der Waals surface area contributed by atoms with E-state index >= 15 is 0 Å². The van der Waals surface area contributed by atoms with Crippen molar-refractivity contribution >= 4 is 33.2 Å². The number of halogens is 2. The van der Waals surface area contributed by atoms with Crippen LogP contribution in [0.5, 0.6) is 0 Å². The van der Waals surface area contributed by atoms with Gasteiger partial charge in [0.25, 0.3) is 0 Å². The smallest absolute Gasteiger partial charge is 0.212 e. The maximum atomic E-state index is 12.8. The van der Waals surface area contributed by atoms with Gasteiger partial charge in [-0.1, -0.05) is 42.1 Å². The molecular weight excluding hydrogens is 329 g/mol. The Hall–Kier alpha value is -0.290. The SMILES string of the molecule is O=S(=O)(Cc1ccc(Cl)c(Cl)c1)N(C1CCCC1)C1CC1. The summed E-state index contributed by atoms with van der Waals surface area (Å²) in [5.41, 5.74) is 0.702. The first-order chi connectivity index (χ1) is 9.97. The average molecular weight is 348 g/mol. The highest BCUT2D eigenvalue weighted by Crippen LogP contribution is 2.37. The van der Waals surface area contributed by atoms with Crippen LogP contribution in [0.15, 0.2) is 18.2 Å². The number of nitrogens with zero attached hydrogens (tertiary/aromatic N) is 1. The van der Waals surface area contributed by atoms with Crippen LogP contribution in [0.25, 0.3) is 0 Å². The van der Waals surface area contributed by atoms with Crippen molar-refractivity contribution in [2.24, 2.45) is 0 Å². The molecule has 0 unspecified atom stereocenters. The molecule has 2 aliphatic carbocycles. The molecule has 2 aliphatic rings. The molecule has 0 radical (unpaired) electrons. The fraction of sp³-hybridized carbons (Fsp3) is 0.600.